The van der Waals surface area contributed by atoms with E-state index >= 15 is 0 Å². The van der Waals surface area contributed by atoms with E-state index < -0.39 is 21.2 Å². The second kappa shape index (κ2) is 6.54. The van der Waals surface area contributed by atoms with Gasteiger partial charge in [0.25, 0.3) is 10.0 Å². The van der Waals surface area contributed by atoms with Crippen molar-refractivity contribution in [2.45, 2.75) is 38.9 Å². The highest BCUT2D eigenvalue weighted by atomic mass is 32.2. The van der Waals surface area contributed by atoms with E-state index in [2.05, 4.69) is 5.10 Å². The molecule has 0 saturated heterocycles. The van der Waals surface area contributed by atoms with Crippen molar-refractivity contribution in [2.24, 2.45) is 0 Å². The number of hydrogen-bond donors (Lipinski definition) is 1. The third-order valence-electron chi connectivity index (χ3n) is 3.65. The summed E-state index contributed by atoms with van der Waals surface area (Å²) >= 11 is 0. The van der Waals surface area contributed by atoms with Crippen LogP contribution >= 0.6 is 0 Å². The van der Waals surface area contributed by atoms with Crippen LogP contribution in [0.2, 0.25) is 0 Å². The smallest absolute Gasteiger partial charge is 0.303 e. The van der Waals surface area contributed by atoms with Crippen molar-refractivity contribution >= 4 is 16.0 Å². The zero-order chi connectivity index (χ0) is 17.2. The standard InChI is InChI=1S/C16H20N2O4S/c1-11(2)23(21,22)18-10-14(9-17-18)15-6-4-13(8-12(15)3)5-7-16(19)20/h4,6,8-11H,5,7H2,1-3H3,(H,19,20). The number of hydrogen-bond acceptors (Lipinski definition) is 4. The third-order valence-corrected chi connectivity index (χ3v) is 5.56. The number of nitrogens with zero attached hydrogens (tertiary/aromatic N) is 2. The summed E-state index contributed by atoms with van der Waals surface area (Å²) in [4.78, 5) is 10.6. The highest BCUT2D eigenvalue weighted by molar-refractivity contribution is 7.90. The van der Waals surface area contributed by atoms with Gasteiger partial charge in [0.05, 0.1) is 17.6 Å². The van der Waals surface area contributed by atoms with Crippen molar-refractivity contribution in [3.8, 4) is 11.1 Å². The summed E-state index contributed by atoms with van der Waals surface area (Å²) in [5.41, 5.74) is 3.50. The quantitative estimate of drug-likeness (QED) is 0.875. The van der Waals surface area contributed by atoms with Crippen LogP contribution in [0.15, 0.2) is 30.6 Å². The number of carbonyl (C=O) groups is 1. The van der Waals surface area contributed by atoms with Crippen LogP contribution in [-0.2, 0) is 21.2 Å². The van der Waals surface area contributed by atoms with Crippen molar-refractivity contribution in [3.63, 3.8) is 0 Å². The fourth-order valence-corrected chi connectivity index (χ4v) is 3.13. The first-order chi connectivity index (χ1) is 10.7. The Morgan fingerprint density at radius 3 is 2.61 bits per heavy atom. The Hall–Kier alpha value is -2.15. The zero-order valence-electron chi connectivity index (χ0n) is 13.4. The van der Waals surface area contributed by atoms with Gasteiger partial charge in [0, 0.05) is 12.0 Å². The molecule has 6 nitrogen and oxygen atoms in total. The van der Waals surface area contributed by atoms with Crippen LogP contribution in [0.5, 0.6) is 0 Å². The molecule has 0 radical (unpaired) electrons. The Bertz CT molecular complexity index is 822. The number of carboxylic acids is 1. The van der Waals surface area contributed by atoms with Gasteiger partial charge in [0.15, 0.2) is 0 Å². The van der Waals surface area contributed by atoms with Gasteiger partial charge in [-0.25, -0.2) is 8.42 Å². The number of aromatic nitrogens is 2. The van der Waals surface area contributed by atoms with Crippen molar-refractivity contribution in [1.82, 2.24) is 9.19 Å². The lowest BCUT2D eigenvalue weighted by atomic mass is 9.99. The van der Waals surface area contributed by atoms with Gasteiger partial charge in [-0.15, -0.1) is 0 Å². The molecule has 0 bridgehead atoms. The lowest BCUT2D eigenvalue weighted by molar-refractivity contribution is -0.136. The van der Waals surface area contributed by atoms with Crippen molar-refractivity contribution in [2.75, 3.05) is 0 Å². The molecule has 0 unspecified atom stereocenters. The average molecular weight is 336 g/mol. The lowest BCUT2D eigenvalue weighted by Gasteiger charge is -2.08. The normalized spacial score (nSPS) is 11.8. The molecule has 0 spiro atoms. The van der Waals surface area contributed by atoms with Gasteiger partial charge in [-0.05, 0) is 43.9 Å². The molecule has 0 fully saturated rings. The Labute approximate surface area is 135 Å². The molecule has 2 rings (SSSR count). The largest absolute Gasteiger partial charge is 0.481 e. The highest BCUT2D eigenvalue weighted by Crippen LogP contribution is 2.25. The second-order valence-electron chi connectivity index (χ2n) is 5.74. The van der Waals surface area contributed by atoms with Crippen molar-refractivity contribution in [1.29, 1.82) is 0 Å². The average Bonchev–Trinajstić information content (AvgIpc) is 2.95. The van der Waals surface area contributed by atoms with Crippen molar-refractivity contribution in [3.05, 3.63) is 41.7 Å². The van der Waals surface area contributed by atoms with Crippen molar-refractivity contribution < 1.29 is 18.3 Å². The zero-order valence-corrected chi connectivity index (χ0v) is 14.2. The predicted octanol–water partition coefficient (Wildman–Crippen LogP) is 2.46. The number of aliphatic carboxylic acids is 1. The lowest BCUT2D eigenvalue weighted by Crippen LogP contribution is -2.22. The molecule has 2 aromatic rings. The molecule has 0 aliphatic carbocycles. The molecule has 124 valence electrons. The molecule has 0 aliphatic rings. The fraction of sp³-hybridized carbons (Fsp3) is 0.375. The fourth-order valence-electron chi connectivity index (χ4n) is 2.26. The molecular formula is C16H20N2O4S. The van der Waals surface area contributed by atoms with Gasteiger partial charge in [-0.2, -0.15) is 9.19 Å². The Morgan fingerprint density at radius 1 is 1.35 bits per heavy atom. The van der Waals surface area contributed by atoms with E-state index in [0.29, 0.717) is 6.42 Å². The van der Waals surface area contributed by atoms with E-state index in [-0.39, 0.29) is 6.42 Å². The number of carboxylic acid groups (broad SMARTS) is 1. The van der Waals surface area contributed by atoms with Gasteiger partial charge in [0.2, 0.25) is 0 Å². The Kier molecular flexibility index (Phi) is 4.89. The summed E-state index contributed by atoms with van der Waals surface area (Å²) in [6.45, 7) is 5.13. The van der Waals surface area contributed by atoms with Crippen LogP contribution < -0.4 is 0 Å². The van der Waals surface area contributed by atoms with Gasteiger partial charge in [-0.1, -0.05) is 18.2 Å². The molecule has 7 heteroatoms. The molecule has 23 heavy (non-hydrogen) atoms. The molecule has 1 aromatic heterocycles. The van der Waals surface area contributed by atoms with E-state index in [4.69, 9.17) is 5.11 Å². The molecule has 0 saturated carbocycles. The van der Waals surface area contributed by atoms with E-state index in [9.17, 15) is 13.2 Å². The third kappa shape index (κ3) is 3.79. The summed E-state index contributed by atoms with van der Waals surface area (Å²) in [5.74, 6) is -0.827. The minimum Gasteiger partial charge on any atom is -0.481 e. The predicted molar refractivity (Wildman–Crippen MR) is 87.8 cm³/mol. The van der Waals surface area contributed by atoms with Gasteiger partial charge in [-0.3, -0.25) is 4.79 Å². The second-order valence-corrected chi connectivity index (χ2v) is 8.09. The maximum Gasteiger partial charge on any atom is 0.303 e. The molecule has 0 aliphatic heterocycles. The number of benzene rings is 1. The minimum absolute atomic E-state index is 0.0867. The van der Waals surface area contributed by atoms with E-state index in [1.54, 1.807) is 13.8 Å². The minimum atomic E-state index is -3.46. The van der Waals surface area contributed by atoms with Gasteiger partial charge in [0.1, 0.15) is 0 Å². The van der Waals surface area contributed by atoms with E-state index in [1.807, 2.05) is 25.1 Å². The highest BCUT2D eigenvalue weighted by Gasteiger charge is 2.20. The van der Waals surface area contributed by atoms with Crippen LogP contribution in [0.4, 0.5) is 0 Å². The summed E-state index contributed by atoms with van der Waals surface area (Å²) in [6, 6.07) is 5.65. The maximum absolute atomic E-state index is 12.1. The topological polar surface area (TPSA) is 89.3 Å². The monoisotopic (exact) mass is 336 g/mol. The molecule has 0 atom stereocenters. The van der Waals surface area contributed by atoms with Crippen LogP contribution in [0.3, 0.4) is 0 Å². The molecule has 1 heterocycles. The van der Waals surface area contributed by atoms with Crippen LogP contribution in [0.25, 0.3) is 11.1 Å². The Balaban J connectivity index is 2.30. The first kappa shape index (κ1) is 17.2. The molecule has 1 N–H and O–H groups in total. The number of rotatable bonds is 6. The maximum atomic E-state index is 12.1. The summed E-state index contributed by atoms with van der Waals surface area (Å²) in [6.07, 6.45) is 3.59. The first-order valence-electron chi connectivity index (χ1n) is 7.32. The molecule has 1 aromatic carbocycles. The summed E-state index contributed by atoms with van der Waals surface area (Å²) in [5, 5.41) is 12.1. The van der Waals surface area contributed by atoms with Gasteiger partial charge < -0.3 is 5.11 Å². The molecule has 0 amide bonds. The summed E-state index contributed by atoms with van der Waals surface area (Å²) in [7, 11) is -3.46. The van der Waals surface area contributed by atoms with E-state index in [0.717, 1.165) is 26.3 Å². The Morgan fingerprint density at radius 2 is 2.04 bits per heavy atom. The van der Waals surface area contributed by atoms with E-state index in [1.165, 1.54) is 12.4 Å². The SMILES string of the molecule is Cc1cc(CCC(=O)O)ccc1-c1cnn(S(=O)(=O)C(C)C)c1. The van der Waals surface area contributed by atoms with Gasteiger partial charge >= 0.3 is 5.97 Å². The van der Waals surface area contributed by atoms with Crippen LogP contribution in [0.1, 0.15) is 31.4 Å². The van der Waals surface area contributed by atoms with Crippen LogP contribution in [-0.4, -0.2) is 33.9 Å². The summed E-state index contributed by atoms with van der Waals surface area (Å²) < 4.78 is 25.2. The van der Waals surface area contributed by atoms with Crippen LogP contribution in [0, 0.1) is 6.92 Å². The first-order valence-corrected chi connectivity index (χ1v) is 8.83. The number of aryl methyl sites for hydroxylation is 2. The molecular weight excluding hydrogens is 316 g/mol.